The molecule has 2 nitrogen and oxygen atoms in total. The summed E-state index contributed by atoms with van der Waals surface area (Å²) in [5, 5.41) is 0.851. The fourth-order valence-electron chi connectivity index (χ4n) is 3.86. The molecule has 27 heavy (non-hydrogen) atoms. The number of nitrogens with zero attached hydrogens (tertiary/aromatic N) is 2. The van der Waals surface area contributed by atoms with Gasteiger partial charge in [-0.3, -0.25) is 4.98 Å². The maximum Gasteiger partial charge on any atom is 0.417 e. The summed E-state index contributed by atoms with van der Waals surface area (Å²) in [5.41, 5.74) is 2.64. The van der Waals surface area contributed by atoms with E-state index in [0.29, 0.717) is 29.5 Å². The van der Waals surface area contributed by atoms with E-state index in [-0.39, 0.29) is 5.57 Å². The highest BCUT2D eigenvalue weighted by atomic mass is 19.4. The predicted octanol–water partition coefficient (Wildman–Crippen LogP) is 6.04. The van der Waals surface area contributed by atoms with Gasteiger partial charge in [0, 0.05) is 36.9 Å². The Morgan fingerprint density at radius 1 is 1.19 bits per heavy atom. The smallest absolute Gasteiger partial charge is 0.381 e. The Labute approximate surface area is 157 Å². The number of hydrogen-bond acceptors (Lipinski definition) is 2. The van der Waals surface area contributed by atoms with E-state index in [4.69, 9.17) is 0 Å². The summed E-state index contributed by atoms with van der Waals surface area (Å²) in [4.78, 5) is 6.17. The van der Waals surface area contributed by atoms with Crippen LogP contribution in [0.15, 0.2) is 60.0 Å². The monoisotopic (exact) mass is 372 g/mol. The molecular weight excluding hydrogens is 349 g/mol. The molecule has 1 heterocycles. The average molecular weight is 372 g/mol. The van der Waals surface area contributed by atoms with Crippen LogP contribution in [0.3, 0.4) is 0 Å². The third-order valence-corrected chi connectivity index (χ3v) is 5.07. The Morgan fingerprint density at radius 3 is 2.56 bits per heavy atom. The highest BCUT2D eigenvalue weighted by molar-refractivity contribution is 5.96. The highest BCUT2D eigenvalue weighted by Gasteiger charge is 2.41. The largest absolute Gasteiger partial charge is 0.417 e. The third-order valence-electron chi connectivity index (χ3n) is 5.07. The minimum atomic E-state index is -4.48. The van der Waals surface area contributed by atoms with Gasteiger partial charge in [0.05, 0.1) is 11.1 Å². The van der Waals surface area contributed by atoms with Crippen molar-refractivity contribution in [3.05, 3.63) is 71.1 Å². The van der Waals surface area contributed by atoms with Crippen molar-refractivity contribution in [3.63, 3.8) is 0 Å². The van der Waals surface area contributed by atoms with Gasteiger partial charge in [0.1, 0.15) is 0 Å². The molecule has 0 saturated carbocycles. The van der Waals surface area contributed by atoms with Gasteiger partial charge >= 0.3 is 6.18 Å². The van der Waals surface area contributed by atoms with Crippen molar-refractivity contribution in [2.45, 2.75) is 32.4 Å². The Balaban J connectivity index is 2.39. The summed E-state index contributed by atoms with van der Waals surface area (Å²) >= 11 is 0. The Hall–Kier alpha value is -2.56. The molecule has 0 atom stereocenters. The normalized spacial score (nSPS) is 15.9. The summed E-state index contributed by atoms with van der Waals surface area (Å²) in [6.45, 7) is 5.65. The summed E-state index contributed by atoms with van der Waals surface area (Å²) in [5.74, 6) is 0. The minimum absolute atomic E-state index is 0.0995. The van der Waals surface area contributed by atoms with E-state index in [1.807, 2.05) is 19.1 Å². The molecule has 0 saturated heterocycles. The standard InChI is InChI=1S/C22H23F3N2/c1-5-15(17-12-11-14(2)16-9-7-13-26-21(16)17)20(22(23,24)25)18-8-6-10-19(18)27(3)4/h5,7,9,11-13H,1,6,8,10H2,2-4H3/b20-15-. The number of aromatic nitrogens is 1. The first-order chi connectivity index (χ1) is 12.8. The van der Waals surface area contributed by atoms with E-state index in [1.165, 1.54) is 6.08 Å². The van der Waals surface area contributed by atoms with Crippen molar-refractivity contribution >= 4 is 16.5 Å². The number of aryl methyl sites for hydroxylation is 1. The summed E-state index contributed by atoms with van der Waals surface area (Å²) in [6.07, 6.45) is 0.242. The molecule has 0 fully saturated rings. The van der Waals surface area contributed by atoms with Crippen molar-refractivity contribution in [1.29, 1.82) is 0 Å². The Kier molecular flexibility index (Phi) is 5.13. The second-order valence-corrected chi connectivity index (χ2v) is 6.99. The molecule has 1 aromatic carbocycles. The summed E-state index contributed by atoms with van der Waals surface area (Å²) < 4.78 is 42.7. The second-order valence-electron chi connectivity index (χ2n) is 6.99. The highest BCUT2D eigenvalue weighted by Crippen LogP contribution is 2.45. The topological polar surface area (TPSA) is 16.1 Å². The van der Waals surface area contributed by atoms with Crippen molar-refractivity contribution in [2.75, 3.05) is 14.1 Å². The molecule has 0 radical (unpaired) electrons. The van der Waals surface area contributed by atoms with Gasteiger partial charge in [0.15, 0.2) is 0 Å². The zero-order valence-corrected chi connectivity index (χ0v) is 15.8. The lowest BCUT2D eigenvalue weighted by Gasteiger charge is -2.23. The van der Waals surface area contributed by atoms with Crippen LogP contribution in [0.2, 0.25) is 0 Å². The molecule has 1 aromatic heterocycles. The van der Waals surface area contributed by atoms with Gasteiger partial charge < -0.3 is 4.90 Å². The lowest BCUT2D eigenvalue weighted by atomic mass is 9.90. The minimum Gasteiger partial charge on any atom is -0.381 e. The van der Waals surface area contributed by atoms with Crippen LogP contribution in [-0.2, 0) is 0 Å². The molecule has 0 amide bonds. The molecule has 1 aliphatic carbocycles. The predicted molar refractivity (Wildman–Crippen MR) is 104 cm³/mol. The fraction of sp³-hybridized carbons (Fsp3) is 0.318. The van der Waals surface area contributed by atoms with E-state index < -0.39 is 11.7 Å². The Morgan fingerprint density at radius 2 is 1.93 bits per heavy atom. The van der Waals surface area contributed by atoms with Crippen LogP contribution in [0.4, 0.5) is 13.2 Å². The van der Waals surface area contributed by atoms with Crippen LogP contribution < -0.4 is 0 Å². The van der Waals surface area contributed by atoms with Gasteiger partial charge in [-0.05, 0) is 49.0 Å². The van der Waals surface area contributed by atoms with Crippen molar-refractivity contribution in [1.82, 2.24) is 9.88 Å². The van der Waals surface area contributed by atoms with Crippen LogP contribution in [0, 0.1) is 6.92 Å². The first-order valence-corrected chi connectivity index (χ1v) is 8.94. The van der Waals surface area contributed by atoms with Crippen LogP contribution in [0.5, 0.6) is 0 Å². The van der Waals surface area contributed by atoms with Crippen LogP contribution >= 0.6 is 0 Å². The molecule has 1 aliphatic rings. The molecular formula is C22H23F3N2. The number of hydrogen-bond donors (Lipinski definition) is 0. The van der Waals surface area contributed by atoms with E-state index in [1.54, 1.807) is 37.3 Å². The number of alkyl halides is 3. The van der Waals surface area contributed by atoms with Crippen LogP contribution in [0.1, 0.15) is 30.4 Å². The Bertz CT molecular complexity index is 950. The number of fused-ring (bicyclic) bond motifs is 1. The van der Waals surface area contributed by atoms with Crippen LogP contribution in [-0.4, -0.2) is 30.2 Å². The summed E-state index contributed by atoms with van der Waals surface area (Å²) in [6, 6.07) is 7.24. The van der Waals surface area contributed by atoms with Crippen LogP contribution in [0.25, 0.3) is 16.5 Å². The van der Waals surface area contributed by atoms with Gasteiger partial charge in [0.25, 0.3) is 0 Å². The molecule has 0 spiro atoms. The third kappa shape index (κ3) is 3.51. The van der Waals surface area contributed by atoms with E-state index in [2.05, 4.69) is 11.6 Å². The maximum absolute atomic E-state index is 14.2. The molecule has 142 valence electrons. The fourth-order valence-corrected chi connectivity index (χ4v) is 3.86. The van der Waals surface area contributed by atoms with Gasteiger partial charge in [-0.2, -0.15) is 13.2 Å². The van der Waals surface area contributed by atoms with Gasteiger partial charge in [-0.15, -0.1) is 0 Å². The second kappa shape index (κ2) is 7.22. The molecule has 0 aliphatic heterocycles. The van der Waals surface area contributed by atoms with Gasteiger partial charge in [-0.1, -0.05) is 30.9 Å². The maximum atomic E-state index is 14.2. The quantitative estimate of drug-likeness (QED) is 0.608. The van der Waals surface area contributed by atoms with E-state index in [9.17, 15) is 13.2 Å². The number of benzene rings is 1. The zero-order valence-electron chi connectivity index (χ0n) is 15.8. The van der Waals surface area contributed by atoms with Crippen molar-refractivity contribution in [3.8, 4) is 0 Å². The molecule has 3 rings (SSSR count). The van der Waals surface area contributed by atoms with Crippen molar-refractivity contribution in [2.24, 2.45) is 0 Å². The number of halogens is 3. The SMILES string of the molecule is C=C/C(=C(\C1=C(N(C)C)CCC1)C(F)(F)F)c1ccc(C)c2cccnc12. The first kappa shape index (κ1) is 19.2. The number of rotatable bonds is 4. The summed E-state index contributed by atoms with van der Waals surface area (Å²) in [7, 11) is 3.59. The number of allylic oxidation sites excluding steroid dienone is 5. The number of pyridine rings is 1. The van der Waals surface area contributed by atoms with Gasteiger partial charge in [-0.25, -0.2) is 0 Å². The molecule has 0 unspecified atom stereocenters. The first-order valence-electron chi connectivity index (χ1n) is 8.94. The average Bonchev–Trinajstić information content (AvgIpc) is 3.08. The van der Waals surface area contributed by atoms with Crippen molar-refractivity contribution < 1.29 is 13.2 Å². The molecule has 5 heteroatoms. The molecule has 0 N–H and O–H groups in total. The zero-order chi connectivity index (χ0) is 19.8. The molecule has 2 aromatic rings. The van der Waals surface area contributed by atoms with Gasteiger partial charge in [0.2, 0.25) is 0 Å². The lowest BCUT2D eigenvalue weighted by Crippen LogP contribution is -2.19. The lowest BCUT2D eigenvalue weighted by molar-refractivity contribution is -0.0890. The molecule has 0 bridgehead atoms. The van der Waals surface area contributed by atoms with E-state index in [0.717, 1.165) is 23.1 Å². The van der Waals surface area contributed by atoms with E-state index >= 15 is 0 Å².